The van der Waals surface area contributed by atoms with E-state index in [4.69, 9.17) is 30.8 Å². The SMILES string of the molecule is Clc1cc2[nH]c(OC3CO[C@@H]4CCO[C@H]34)nc2nc1-c1ccc(-c2ccc(CN3C=CNN3)cc2)cc1. The molecule has 188 valence electrons. The van der Waals surface area contributed by atoms with Crippen molar-refractivity contribution in [1.82, 2.24) is 30.9 Å². The van der Waals surface area contributed by atoms with Gasteiger partial charge in [-0.05, 0) is 29.2 Å². The summed E-state index contributed by atoms with van der Waals surface area (Å²) in [5, 5.41) is 2.52. The maximum atomic E-state index is 6.62. The van der Waals surface area contributed by atoms with E-state index in [0.717, 1.165) is 35.2 Å². The van der Waals surface area contributed by atoms with Crippen molar-refractivity contribution in [3.8, 4) is 28.4 Å². The lowest BCUT2D eigenvalue weighted by atomic mass is 10.0. The van der Waals surface area contributed by atoms with Crippen LogP contribution in [0, 0.1) is 0 Å². The number of imidazole rings is 1. The number of pyridine rings is 1. The van der Waals surface area contributed by atoms with E-state index < -0.39 is 0 Å². The van der Waals surface area contributed by atoms with E-state index in [1.807, 2.05) is 35.6 Å². The van der Waals surface area contributed by atoms with Crippen LogP contribution >= 0.6 is 11.6 Å². The molecule has 5 heterocycles. The number of aromatic amines is 1. The summed E-state index contributed by atoms with van der Waals surface area (Å²) in [7, 11) is 0. The van der Waals surface area contributed by atoms with Gasteiger partial charge in [-0.15, -0.1) is 5.53 Å². The molecular weight excluding hydrogens is 492 g/mol. The molecule has 37 heavy (non-hydrogen) atoms. The first-order valence-corrected chi connectivity index (χ1v) is 12.7. The van der Waals surface area contributed by atoms with Crippen molar-refractivity contribution in [2.45, 2.75) is 31.3 Å². The van der Waals surface area contributed by atoms with Crippen LogP contribution in [0.2, 0.25) is 5.02 Å². The minimum Gasteiger partial charge on any atom is -0.456 e. The third-order valence-electron chi connectivity index (χ3n) is 6.93. The van der Waals surface area contributed by atoms with Gasteiger partial charge in [-0.3, -0.25) is 5.01 Å². The molecule has 10 heteroatoms. The van der Waals surface area contributed by atoms with Gasteiger partial charge in [0.15, 0.2) is 11.8 Å². The van der Waals surface area contributed by atoms with Crippen LogP contribution in [0.5, 0.6) is 6.01 Å². The first kappa shape index (κ1) is 22.6. The molecule has 9 nitrogen and oxygen atoms in total. The van der Waals surface area contributed by atoms with E-state index >= 15 is 0 Å². The van der Waals surface area contributed by atoms with Gasteiger partial charge in [0.25, 0.3) is 6.01 Å². The van der Waals surface area contributed by atoms with Gasteiger partial charge >= 0.3 is 0 Å². The van der Waals surface area contributed by atoms with Crippen LogP contribution in [0.15, 0.2) is 67.0 Å². The lowest BCUT2D eigenvalue weighted by Gasteiger charge is -2.15. The molecule has 0 bridgehead atoms. The van der Waals surface area contributed by atoms with Crippen LogP contribution in [0.25, 0.3) is 33.5 Å². The summed E-state index contributed by atoms with van der Waals surface area (Å²) in [6, 6.07) is 19.0. The molecule has 3 atom stereocenters. The highest BCUT2D eigenvalue weighted by molar-refractivity contribution is 6.33. The van der Waals surface area contributed by atoms with Gasteiger partial charge in [0.05, 0.1) is 35.5 Å². The van der Waals surface area contributed by atoms with Gasteiger partial charge < -0.3 is 24.6 Å². The molecule has 0 amide bonds. The number of H-pyrrole nitrogens is 1. The number of aromatic nitrogens is 3. The number of nitrogens with one attached hydrogen (secondary N) is 3. The normalized spacial score (nSPS) is 22.5. The molecule has 4 aromatic rings. The minimum atomic E-state index is -0.185. The molecule has 3 N–H and O–H groups in total. The van der Waals surface area contributed by atoms with E-state index in [-0.39, 0.29) is 18.3 Å². The smallest absolute Gasteiger partial charge is 0.296 e. The predicted molar refractivity (Wildman–Crippen MR) is 139 cm³/mol. The largest absolute Gasteiger partial charge is 0.456 e. The summed E-state index contributed by atoms with van der Waals surface area (Å²) >= 11 is 6.62. The second-order valence-electron chi connectivity index (χ2n) is 9.36. The fourth-order valence-electron chi connectivity index (χ4n) is 5.03. The van der Waals surface area contributed by atoms with E-state index in [1.165, 1.54) is 5.56 Å². The predicted octanol–water partition coefficient (Wildman–Crippen LogP) is 4.18. The third-order valence-corrected chi connectivity index (χ3v) is 7.22. The summed E-state index contributed by atoms with van der Waals surface area (Å²) in [6.07, 6.45) is 4.60. The zero-order valence-electron chi connectivity index (χ0n) is 19.9. The lowest BCUT2D eigenvalue weighted by Crippen LogP contribution is -2.34. The van der Waals surface area contributed by atoms with Gasteiger partial charge in [-0.25, -0.2) is 4.98 Å². The average molecular weight is 517 g/mol. The van der Waals surface area contributed by atoms with E-state index in [0.29, 0.717) is 35.6 Å². The summed E-state index contributed by atoms with van der Waals surface area (Å²) in [4.78, 5) is 12.5. The molecule has 0 radical (unpaired) electrons. The standard InChI is InChI=1S/C27H25ClN6O3/c28-20-13-21-26(32-27(30-21)37-23-15-36-22-9-12-35-25(22)23)31-24(20)19-7-5-18(6-8-19)17-3-1-16(2-4-17)14-34-11-10-29-33-34/h1-8,10-11,13,22-23,25,29,33H,9,12,14-15H2,(H,30,31,32)/t22-,23?,25+/m1/s1. The van der Waals surface area contributed by atoms with E-state index in [2.05, 4.69) is 57.3 Å². The van der Waals surface area contributed by atoms with Gasteiger partial charge in [-0.1, -0.05) is 60.1 Å². The molecule has 0 saturated carbocycles. The van der Waals surface area contributed by atoms with Crippen molar-refractivity contribution in [3.63, 3.8) is 0 Å². The third kappa shape index (κ3) is 4.40. The van der Waals surface area contributed by atoms with Crippen LogP contribution in [-0.4, -0.2) is 51.5 Å². The van der Waals surface area contributed by atoms with Gasteiger partial charge in [-0.2, -0.15) is 4.98 Å². The molecule has 1 unspecified atom stereocenters. The second kappa shape index (κ2) is 9.35. The Morgan fingerprint density at radius 3 is 2.57 bits per heavy atom. The lowest BCUT2D eigenvalue weighted by molar-refractivity contribution is 0.0273. The highest BCUT2D eigenvalue weighted by Crippen LogP contribution is 2.33. The van der Waals surface area contributed by atoms with Crippen molar-refractivity contribution < 1.29 is 14.2 Å². The maximum Gasteiger partial charge on any atom is 0.296 e. The minimum absolute atomic E-state index is 0.0495. The highest BCUT2D eigenvalue weighted by atomic mass is 35.5. The Kier molecular flexibility index (Phi) is 5.70. The highest BCUT2D eigenvalue weighted by Gasteiger charge is 2.43. The molecule has 2 fully saturated rings. The Bertz CT molecular complexity index is 1460. The quantitative estimate of drug-likeness (QED) is 0.351. The number of hydrazine groups is 2. The van der Waals surface area contributed by atoms with Crippen molar-refractivity contribution in [2.24, 2.45) is 0 Å². The Hall–Kier alpha value is -3.63. The molecule has 0 spiro atoms. The van der Waals surface area contributed by atoms with Gasteiger partial charge in [0.1, 0.15) is 6.10 Å². The number of halogens is 1. The van der Waals surface area contributed by atoms with Crippen LogP contribution in [-0.2, 0) is 16.0 Å². The zero-order chi connectivity index (χ0) is 24.8. The van der Waals surface area contributed by atoms with Gasteiger partial charge in [0, 0.05) is 24.6 Å². The average Bonchev–Trinajstić information content (AvgIpc) is 3.71. The fourth-order valence-corrected chi connectivity index (χ4v) is 5.29. The molecular formula is C27H25ClN6O3. The van der Waals surface area contributed by atoms with Crippen LogP contribution < -0.4 is 15.7 Å². The van der Waals surface area contributed by atoms with Crippen molar-refractivity contribution in [1.29, 1.82) is 0 Å². The van der Waals surface area contributed by atoms with Crippen LogP contribution in [0.4, 0.5) is 0 Å². The second-order valence-corrected chi connectivity index (χ2v) is 9.77. The monoisotopic (exact) mass is 516 g/mol. The molecule has 2 aromatic carbocycles. The Balaban J connectivity index is 1.08. The molecule has 2 aromatic heterocycles. The number of hydrogen-bond acceptors (Lipinski definition) is 8. The van der Waals surface area contributed by atoms with Crippen molar-refractivity contribution in [3.05, 3.63) is 77.6 Å². The first-order valence-electron chi connectivity index (χ1n) is 12.3. The fraction of sp³-hybridized carbons (Fsp3) is 0.259. The van der Waals surface area contributed by atoms with Gasteiger partial charge in [0.2, 0.25) is 0 Å². The number of benzene rings is 2. The maximum absolute atomic E-state index is 6.62. The summed E-state index contributed by atoms with van der Waals surface area (Å²) < 4.78 is 17.6. The summed E-state index contributed by atoms with van der Waals surface area (Å²) in [5.74, 6) is 0. The van der Waals surface area contributed by atoms with E-state index in [9.17, 15) is 0 Å². The van der Waals surface area contributed by atoms with Crippen molar-refractivity contribution in [2.75, 3.05) is 13.2 Å². The van der Waals surface area contributed by atoms with Crippen molar-refractivity contribution >= 4 is 22.8 Å². The molecule has 0 aliphatic carbocycles. The van der Waals surface area contributed by atoms with Crippen LogP contribution in [0.1, 0.15) is 12.0 Å². The number of fused-ring (bicyclic) bond motifs is 2. The summed E-state index contributed by atoms with van der Waals surface area (Å²) in [6.45, 7) is 1.97. The van der Waals surface area contributed by atoms with E-state index in [1.54, 1.807) is 0 Å². The topological polar surface area (TPSA) is 96.6 Å². The number of rotatable bonds is 6. The number of nitrogens with zero attached hydrogens (tertiary/aromatic N) is 3. The zero-order valence-corrected chi connectivity index (χ0v) is 20.6. The molecule has 7 rings (SSSR count). The molecule has 2 saturated heterocycles. The molecule has 3 aliphatic rings. The summed E-state index contributed by atoms with van der Waals surface area (Å²) in [5.41, 5.74) is 12.3. The Labute approximate surface area is 218 Å². The first-order chi connectivity index (χ1) is 18.2. The number of ether oxygens (including phenoxy) is 3. The molecule has 3 aliphatic heterocycles. The van der Waals surface area contributed by atoms with Crippen LogP contribution in [0.3, 0.4) is 0 Å². The Morgan fingerprint density at radius 1 is 1.00 bits per heavy atom. The Morgan fingerprint density at radius 2 is 1.78 bits per heavy atom. The number of hydrogen-bond donors (Lipinski definition) is 3.